The van der Waals surface area contributed by atoms with E-state index in [-0.39, 0.29) is 29.8 Å². The molecular weight excluding hydrogens is 741 g/mol. The number of carbonyl (C=O) groups excluding carboxylic acids is 3. The van der Waals surface area contributed by atoms with Crippen LogP contribution in [-0.4, -0.2) is 113 Å². The zero-order chi connectivity index (χ0) is 41.1. The first-order valence-electron chi connectivity index (χ1n) is 19.9. The van der Waals surface area contributed by atoms with Gasteiger partial charge in [0.25, 0.3) is 0 Å². The van der Waals surface area contributed by atoms with Gasteiger partial charge in [-0.05, 0) is 50.2 Å². The molecule has 3 aromatic heterocycles. The number of carboxylic acid groups (broad SMARTS) is 1. The lowest BCUT2D eigenvalue weighted by molar-refractivity contribution is -0.137. The van der Waals surface area contributed by atoms with Crippen LogP contribution in [-0.2, 0) is 14.3 Å². The summed E-state index contributed by atoms with van der Waals surface area (Å²) in [5.74, 6) is 0.914. The van der Waals surface area contributed by atoms with Gasteiger partial charge in [0.2, 0.25) is 11.8 Å². The fourth-order valence-corrected chi connectivity index (χ4v) is 8.03. The molecule has 2 aliphatic rings. The molecule has 4 atom stereocenters. The number of benzene rings is 2. The number of carbonyl (C=O) groups is 4. The summed E-state index contributed by atoms with van der Waals surface area (Å²) in [6.45, 7) is 6.86. The van der Waals surface area contributed by atoms with Gasteiger partial charge in [0.1, 0.15) is 23.7 Å². The monoisotopic (exact) mass is 790 g/mol. The van der Waals surface area contributed by atoms with Gasteiger partial charge in [-0.15, -0.1) is 0 Å². The Morgan fingerprint density at radius 3 is 2.19 bits per heavy atom. The maximum absolute atomic E-state index is 13.6. The van der Waals surface area contributed by atoms with Crippen molar-refractivity contribution in [3.05, 3.63) is 72.7 Å². The molecule has 2 saturated heterocycles. The molecular formula is C42H50N10O6. The molecule has 0 bridgehead atoms. The lowest BCUT2D eigenvalue weighted by Crippen LogP contribution is -2.51. The number of aromatic nitrogens is 6. The first-order valence-corrected chi connectivity index (χ1v) is 19.9. The number of hydrogen-bond donors (Lipinski definition) is 4. The maximum atomic E-state index is 13.6. The summed E-state index contributed by atoms with van der Waals surface area (Å²) in [5, 5.41) is 12.3. The normalized spacial score (nSPS) is 17.8. The van der Waals surface area contributed by atoms with Crippen molar-refractivity contribution in [2.45, 2.75) is 83.5 Å². The molecule has 5 aromatic rings. The Balaban J connectivity index is 1.03. The van der Waals surface area contributed by atoms with Crippen LogP contribution >= 0.6 is 0 Å². The van der Waals surface area contributed by atoms with Crippen LogP contribution in [0.25, 0.3) is 44.8 Å². The third-order valence-electron chi connectivity index (χ3n) is 11.2. The van der Waals surface area contributed by atoms with Gasteiger partial charge in [-0.3, -0.25) is 19.5 Å². The molecule has 16 nitrogen and oxygen atoms in total. The Kier molecular flexibility index (Phi) is 11.7. The van der Waals surface area contributed by atoms with Gasteiger partial charge in [0.15, 0.2) is 0 Å². The van der Waals surface area contributed by atoms with E-state index >= 15 is 0 Å². The molecule has 5 heterocycles. The van der Waals surface area contributed by atoms with Crippen molar-refractivity contribution >= 4 is 35.0 Å². The molecule has 16 heteroatoms. The molecule has 0 saturated carbocycles. The van der Waals surface area contributed by atoms with Gasteiger partial charge in [-0.1, -0.05) is 57.5 Å². The summed E-state index contributed by atoms with van der Waals surface area (Å²) in [5.41, 5.74) is 6.40. The van der Waals surface area contributed by atoms with E-state index in [1.807, 2.05) is 69.4 Å². The van der Waals surface area contributed by atoms with E-state index < -0.39 is 24.3 Å². The minimum absolute atomic E-state index is 0.116. The van der Waals surface area contributed by atoms with E-state index in [1.54, 1.807) is 22.2 Å². The number of nitrogens with zero attached hydrogens (tertiary/aromatic N) is 7. The highest BCUT2D eigenvalue weighted by atomic mass is 16.5. The molecule has 2 aliphatic heterocycles. The maximum Gasteiger partial charge on any atom is 0.407 e. The fourth-order valence-electron chi connectivity index (χ4n) is 8.03. The molecule has 4 amide bonds. The van der Waals surface area contributed by atoms with Crippen molar-refractivity contribution in [1.29, 1.82) is 0 Å². The van der Waals surface area contributed by atoms with Crippen molar-refractivity contribution in [2.75, 3.05) is 27.2 Å². The van der Waals surface area contributed by atoms with E-state index in [0.717, 1.165) is 75.4 Å². The number of likely N-dealkylation sites (N-methyl/N-ethyl adjacent to an activating group) is 1. The lowest BCUT2D eigenvalue weighted by atomic mass is 10.0. The number of alkyl carbamates (subject to hydrolysis) is 1. The van der Waals surface area contributed by atoms with Crippen LogP contribution in [0.4, 0.5) is 9.59 Å². The SMILES string of the molecule is CCC[C@H](C(=O)N1CCC[C@H]1c1ncc(-c2ccc3nc(-c4ccc(-c5c[nH]c([C@@H]6CCCN6C(=O)[C@@H](NC(=O)OC)C(C)C)n5)cc4)cnc3c2)[nH]1)N(C)C(=O)O. The number of H-pyrrole nitrogens is 2. The molecule has 58 heavy (non-hydrogen) atoms. The van der Waals surface area contributed by atoms with E-state index in [0.29, 0.717) is 37.6 Å². The van der Waals surface area contributed by atoms with E-state index in [4.69, 9.17) is 19.7 Å². The third-order valence-corrected chi connectivity index (χ3v) is 11.2. The average Bonchev–Trinajstić information content (AvgIpc) is 4.07. The number of methoxy groups -OCH3 is 1. The summed E-state index contributed by atoms with van der Waals surface area (Å²) in [7, 11) is 2.73. The molecule has 2 fully saturated rings. The molecule has 0 spiro atoms. The number of rotatable bonds is 12. The van der Waals surface area contributed by atoms with Crippen LogP contribution in [0, 0.1) is 5.92 Å². The van der Waals surface area contributed by atoms with Crippen molar-refractivity contribution < 1.29 is 29.0 Å². The fraction of sp³-hybridized carbons (Fsp3) is 0.429. The number of nitrogens with one attached hydrogen (secondary N) is 3. The number of imidazole rings is 2. The van der Waals surface area contributed by atoms with Gasteiger partial charge in [0, 0.05) is 43.0 Å². The van der Waals surface area contributed by atoms with Crippen molar-refractivity contribution in [3.63, 3.8) is 0 Å². The second-order valence-corrected chi connectivity index (χ2v) is 15.3. The molecule has 2 aromatic carbocycles. The molecule has 4 N–H and O–H groups in total. The van der Waals surface area contributed by atoms with Crippen LogP contribution in [0.1, 0.15) is 83.0 Å². The Bertz CT molecular complexity index is 2290. The third kappa shape index (κ3) is 8.08. The minimum atomic E-state index is -1.12. The summed E-state index contributed by atoms with van der Waals surface area (Å²) in [6, 6.07) is 11.9. The van der Waals surface area contributed by atoms with Gasteiger partial charge < -0.3 is 34.9 Å². The summed E-state index contributed by atoms with van der Waals surface area (Å²) in [4.78, 5) is 81.3. The lowest BCUT2D eigenvalue weighted by Gasteiger charge is -2.31. The van der Waals surface area contributed by atoms with Gasteiger partial charge >= 0.3 is 12.2 Å². The van der Waals surface area contributed by atoms with Crippen LogP contribution in [0.3, 0.4) is 0 Å². The van der Waals surface area contributed by atoms with Crippen molar-refractivity contribution in [2.24, 2.45) is 5.92 Å². The number of aromatic amines is 2. The van der Waals surface area contributed by atoms with Crippen molar-refractivity contribution in [1.82, 2.24) is 49.9 Å². The Morgan fingerprint density at radius 1 is 0.879 bits per heavy atom. The van der Waals surface area contributed by atoms with Crippen LogP contribution in [0.2, 0.25) is 0 Å². The van der Waals surface area contributed by atoms with Crippen LogP contribution in [0.5, 0.6) is 0 Å². The number of hydrogen-bond acceptors (Lipinski definition) is 9. The van der Waals surface area contributed by atoms with Gasteiger partial charge in [0.05, 0.1) is 59.7 Å². The van der Waals surface area contributed by atoms with Crippen LogP contribution < -0.4 is 5.32 Å². The molecule has 0 radical (unpaired) electrons. The highest BCUT2D eigenvalue weighted by Crippen LogP contribution is 2.35. The molecule has 304 valence electrons. The second-order valence-electron chi connectivity index (χ2n) is 15.3. The summed E-state index contributed by atoms with van der Waals surface area (Å²) in [6.07, 6.45) is 7.90. The first kappa shape index (κ1) is 39.9. The van der Waals surface area contributed by atoms with Crippen molar-refractivity contribution in [3.8, 4) is 33.8 Å². The first-order chi connectivity index (χ1) is 28.0. The predicted molar refractivity (Wildman–Crippen MR) is 216 cm³/mol. The van der Waals surface area contributed by atoms with E-state index in [9.17, 15) is 24.3 Å². The number of likely N-dealkylation sites (tertiary alicyclic amines) is 2. The average molecular weight is 791 g/mol. The highest BCUT2D eigenvalue weighted by molar-refractivity contribution is 5.87. The smallest absolute Gasteiger partial charge is 0.407 e. The largest absolute Gasteiger partial charge is 0.465 e. The van der Waals surface area contributed by atoms with E-state index in [1.165, 1.54) is 14.2 Å². The van der Waals surface area contributed by atoms with Gasteiger partial charge in [-0.2, -0.15) is 0 Å². The number of ether oxygens (including phenoxy) is 1. The zero-order valence-corrected chi connectivity index (χ0v) is 33.4. The van der Waals surface area contributed by atoms with Crippen LogP contribution in [0.15, 0.2) is 61.1 Å². The summed E-state index contributed by atoms with van der Waals surface area (Å²) >= 11 is 0. The van der Waals surface area contributed by atoms with Gasteiger partial charge in [-0.25, -0.2) is 24.5 Å². The Hall–Kier alpha value is -6.32. The van der Waals surface area contributed by atoms with E-state index in [2.05, 4.69) is 20.3 Å². The second kappa shape index (κ2) is 17.0. The molecule has 0 aliphatic carbocycles. The predicted octanol–water partition coefficient (Wildman–Crippen LogP) is 6.56. The molecule has 0 unspecified atom stereocenters. The number of amides is 4. The topological polar surface area (TPSA) is 203 Å². The quantitative estimate of drug-likeness (QED) is 0.107. The Labute approximate surface area is 336 Å². The molecule has 7 rings (SSSR count). The number of fused-ring (bicyclic) bond motifs is 1. The Morgan fingerprint density at radius 2 is 1.53 bits per heavy atom. The standard InChI is InChI=1S/C42H50N10O6/c1-6-9-35(50(4)42(56)57)39(53)51-18-7-10-33(51)37-45-23-32(48-37)27-16-17-28-29(20-27)43-21-30(46-28)25-12-14-26(15-13-25)31-22-44-38(47-31)34-11-8-19-52(34)40(54)36(24(2)3)49-41(55)58-5/h12-17,20-24,33-36H,6-11,18-19H2,1-5H3,(H,44,47)(H,45,48)(H,49,55)(H,56,57)/t33-,34-,35+,36-/m0/s1. The summed E-state index contributed by atoms with van der Waals surface area (Å²) < 4.78 is 4.75. The zero-order valence-electron chi connectivity index (χ0n) is 33.4. The minimum Gasteiger partial charge on any atom is -0.465 e. The highest BCUT2D eigenvalue weighted by Gasteiger charge is 2.39.